The summed E-state index contributed by atoms with van der Waals surface area (Å²) in [6, 6.07) is 6.42. The molecule has 2 heteroatoms. The Morgan fingerprint density at radius 3 is 2.73 bits per heavy atom. The van der Waals surface area contributed by atoms with Crippen molar-refractivity contribution in [2.75, 3.05) is 6.61 Å². The van der Waals surface area contributed by atoms with Gasteiger partial charge >= 0.3 is 0 Å². The van der Waals surface area contributed by atoms with Crippen molar-refractivity contribution < 1.29 is 4.74 Å². The lowest BCUT2D eigenvalue weighted by molar-refractivity contribution is 0.107. The summed E-state index contributed by atoms with van der Waals surface area (Å²) in [4.78, 5) is 0. The van der Waals surface area contributed by atoms with Crippen LogP contribution in [-0.4, -0.2) is 12.7 Å². The Labute approximate surface area is 96.4 Å². The first-order valence-electron chi connectivity index (χ1n) is 5.51. The van der Waals surface area contributed by atoms with Gasteiger partial charge in [0.1, 0.15) is 0 Å². The molecule has 0 aromatic heterocycles. The zero-order valence-electron chi connectivity index (χ0n) is 9.29. The van der Waals surface area contributed by atoms with Crippen molar-refractivity contribution in [3.8, 4) is 0 Å². The van der Waals surface area contributed by atoms with Gasteiger partial charge in [-0.1, -0.05) is 18.2 Å². The van der Waals surface area contributed by atoms with Crippen LogP contribution in [0.5, 0.6) is 0 Å². The molecule has 82 valence electrons. The summed E-state index contributed by atoms with van der Waals surface area (Å²) in [7, 11) is 0. The van der Waals surface area contributed by atoms with Crippen molar-refractivity contribution in [3.63, 3.8) is 0 Å². The number of halogens is 1. The van der Waals surface area contributed by atoms with Crippen molar-refractivity contribution in [2.24, 2.45) is 0 Å². The van der Waals surface area contributed by atoms with Crippen LogP contribution < -0.4 is 0 Å². The summed E-state index contributed by atoms with van der Waals surface area (Å²) in [5, 5.41) is 0.00630. The summed E-state index contributed by atoms with van der Waals surface area (Å²) >= 11 is 6.41. The molecule has 1 saturated heterocycles. The average molecular weight is 225 g/mol. The Balaban J connectivity index is 2.17. The van der Waals surface area contributed by atoms with Gasteiger partial charge in [0.2, 0.25) is 0 Å². The van der Waals surface area contributed by atoms with Gasteiger partial charge in [0.15, 0.2) is 0 Å². The monoisotopic (exact) mass is 224 g/mol. The molecule has 15 heavy (non-hydrogen) atoms. The third-order valence-electron chi connectivity index (χ3n) is 3.14. The lowest BCUT2D eigenvalue weighted by atomic mass is 10.0. The van der Waals surface area contributed by atoms with Crippen molar-refractivity contribution in [1.82, 2.24) is 0 Å². The Morgan fingerprint density at radius 2 is 2.13 bits per heavy atom. The molecule has 0 spiro atoms. The molecule has 0 saturated carbocycles. The fraction of sp³-hybridized carbons (Fsp3) is 0.538. The van der Waals surface area contributed by atoms with Gasteiger partial charge in [0.05, 0.1) is 11.5 Å². The number of hydrogen-bond acceptors (Lipinski definition) is 1. The molecule has 0 radical (unpaired) electrons. The molecule has 1 aliphatic heterocycles. The predicted octanol–water partition coefficient (Wildman–Crippen LogP) is 3.76. The van der Waals surface area contributed by atoms with E-state index in [1.165, 1.54) is 16.7 Å². The minimum absolute atomic E-state index is 0.00630. The van der Waals surface area contributed by atoms with E-state index in [9.17, 15) is 0 Å². The second kappa shape index (κ2) is 4.54. The zero-order valence-corrected chi connectivity index (χ0v) is 10.1. The third kappa shape index (κ3) is 2.35. The molecule has 2 atom stereocenters. The van der Waals surface area contributed by atoms with E-state index in [-0.39, 0.29) is 11.5 Å². The van der Waals surface area contributed by atoms with Gasteiger partial charge in [-0.2, -0.15) is 0 Å². The minimum atomic E-state index is 0.00630. The highest BCUT2D eigenvalue weighted by molar-refractivity contribution is 6.21. The zero-order chi connectivity index (χ0) is 10.8. The van der Waals surface area contributed by atoms with E-state index >= 15 is 0 Å². The number of aryl methyl sites for hydroxylation is 2. The summed E-state index contributed by atoms with van der Waals surface area (Å²) in [6.07, 6.45) is 2.42. The van der Waals surface area contributed by atoms with Crippen LogP contribution in [0.1, 0.15) is 34.9 Å². The Morgan fingerprint density at radius 1 is 1.33 bits per heavy atom. The van der Waals surface area contributed by atoms with Crippen molar-refractivity contribution in [1.29, 1.82) is 0 Å². The molecule has 1 aromatic rings. The molecular weight excluding hydrogens is 208 g/mol. The second-order valence-electron chi connectivity index (χ2n) is 4.30. The van der Waals surface area contributed by atoms with Crippen molar-refractivity contribution in [2.45, 2.75) is 38.2 Å². The van der Waals surface area contributed by atoms with Crippen LogP contribution in [0.25, 0.3) is 0 Å². The maximum Gasteiger partial charge on any atom is 0.0847 e. The van der Waals surface area contributed by atoms with E-state index in [1.807, 2.05) is 0 Å². The smallest absolute Gasteiger partial charge is 0.0847 e. The largest absolute Gasteiger partial charge is 0.376 e. The van der Waals surface area contributed by atoms with Crippen LogP contribution in [0.4, 0.5) is 0 Å². The van der Waals surface area contributed by atoms with E-state index in [1.54, 1.807) is 0 Å². The van der Waals surface area contributed by atoms with Crippen LogP contribution in [-0.2, 0) is 4.74 Å². The van der Waals surface area contributed by atoms with Crippen LogP contribution in [0.15, 0.2) is 18.2 Å². The molecule has 1 aliphatic rings. The SMILES string of the molecule is Cc1ccc(C(Cl)C2CCCO2)cc1C. The highest BCUT2D eigenvalue weighted by Gasteiger charge is 2.25. The number of hydrogen-bond donors (Lipinski definition) is 0. The Hall–Kier alpha value is -0.530. The quantitative estimate of drug-likeness (QED) is 0.695. The van der Waals surface area contributed by atoms with Crippen molar-refractivity contribution in [3.05, 3.63) is 34.9 Å². The van der Waals surface area contributed by atoms with E-state index < -0.39 is 0 Å². The first-order valence-corrected chi connectivity index (χ1v) is 5.95. The first-order chi connectivity index (χ1) is 7.18. The molecule has 1 aromatic carbocycles. The molecule has 0 aliphatic carbocycles. The van der Waals surface area contributed by atoms with Crippen LogP contribution >= 0.6 is 11.6 Å². The number of alkyl halides is 1. The maximum atomic E-state index is 6.41. The van der Waals surface area contributed by atoms with E-state index in [0.29, 0.717) is 0 Å². The average Bonchev–Trinajstić information content (AvgIpc) is 2.74. The lowest BCUT2D eigenvalue weighted by Crippen LogP contribution is -2.12. The first kappa shape index (κ1) is 11.0. The molecule has 2 unspecified atom stereocenters. The molecule has 1 nitrogen and oxygen atoms in total. The highest BCUT2D eigenvalue weighted by Crippen LogP contribution is 2.32. The number of benzene rings is 1. The van der Waals surface area contributed by atoms with E-state index in [2.05, 4.69) is 32.0 Å². The van der Waals surface area contributed by atoms with Gasteiger partial charge in [-0.15, -0.1) is 11.6 Å². The van der Waals surface area contributed by atoms with Crippen LogP contribution in [0, 0.1) is 13.8 Å². The van der Waals surface area contributed by atoms with E-state index in [4.69, 9.17) is 16.3 Å². The Kier molecular flexibility index (Phi) is 3.32. The topological polar surface area (TPSA) is 9.23 Å². The summed E-state index contributed by atoms with van der Waals surface area (Å²) in [5.74, 6) is 0. The Bertz CT molecular complexity index is 342. The molecule has 2 rings (SSSR count). The van der Waals surface area contributed by atoms with Gasteiger partial charge in [0, 0.05) is 6.61 Å². The normalized spacial score (nSPS) is 23.0. The van der Waals surface area contributed by atoms with Gasteiger partial charge in [-0.3, -0.25) is 0 Å². The van der Waals surface area contributed by atoms with Gasteiger partial charge in [-0.05, 0) is 43.4 Å². The lowest BCUT2D eigenvalue weighted by Gasteiger charge is -2.17. The fourth-order valence-electron chi connectivity index (χ4n) is 1.98. The molecule has 1 fully saturated rings. The molecular formula is C13H17ClO. The summed E-state index contributed by atoms with van der Waals surface area (Å²) in [5.41, 5.74) is 3.80. The molecule has 0 amide bonds. The van der Waals surface area contributed by atoms with Gasteiger partial charge in [0.25, 0.3) is 0 Å². The maximum absolute atomic E-state index is 6.41. The molecule has 0 N–H and O–H groups in total. The molecule has 1 heterocycles. The van der Waals surface area contributed by atoms with Crippen LogP contribution in [0.3, 0.4) is 0 Å². The standard InChI is InChI=1S/C13H17ClO/c1-9-5-6-11(8-10(9)2)13(14)12-4-3-7-15-12/h5-6,8,12-13H,3-4,7H2,1-2H3. The van der Waals surface area contributed by atoms with Crippen molar-refractivity contribution >= 4 is 11.6 Å². The summed E-state index contributed by atoms with van der Waals surface area (Å²) < 4.78 is 5.61. The van der Waals surface area contributed by atoms with Crippen LogP contribution in [0.2, 0.25) is 0 Å². The fourth-order valence-corrected chi connectivity index (χ4v) is 2.32. The van der Waals surface area contributed by atoms with E-state index in [0.717, 1.165) is 19.4 Å². The predicted molar refractivity (Wildman–Crippen MR) is 63.5 cm³/mol. The number of ether oxygens (including phenoxy) is 1. The second-order valence-corrected chi connectivity index (χ2v) is 4.77. The molecule has 0 bridgehead atoms. The van der Waals surface area contributed by atoms with Gasteiger partial charge in [-0.25, -0.2) is 0 Å². The summed E-state index contributed by atoms with van der Waals surface area (Å²) in [6.45, 7) is 5.10. The highest BCUT2D eigenvalue weighted by atomic mass is 35.5. The van der Waals surface area contributed by atoms with Gasteiger partial charge < -0.3 is 4.74 Å². The third-order valence-corrected chi connectivity index (χ3v) is 3.67. The minimum Gasteiger partial charge on any atom is -0.376 e. The number of rotatable bonds is 2.